The van der Waals surface area contributed by atoms with Gasteiger partial charge in [-0.25, -0.2) is 4.98 Å². The second-order valence-corrected chi connectivity index (χ2v) is 25.8. The van der Waals surface area contributed by atoms with Crippen LogP contribution in [0.5, 0.6) is 34.5 Å². The van der Waals surface area contributed by atoms with Gasteiger partial charge in [-0.15, -0.1) is 29.5 Å². The van der Waals surface area contributed by atoms with Crippen molar-refractivity contribution in [3.8, 4) is 73.9 Å². The van der Waals surface area contributed by atoms with E-state index in [4.69, 9.17) is 19.2 Å². The Labute approximate surface area is 457 Å². The van der Waals surface area contributed by atoms with Crippen molar-refractivity contribution in [1.82, 2.24) is 14.1 Å². The Morgan fingerprint density at radius 2 is 1.28 bits per heavy atom. The SMILES string of the molecule is CC(C)(C)c1ccnc(-n2c3[c-]c(Oc4[c-]c5c(cc4)[Si](C)(C)c4cccc6c4n-5[c-][n+]6-c4c(-c5ccccc5)cccc4-c4ccccc4)ccc3c3c4c5c(cc32)Oc2ccccc2B5c2ccccc2O4)c1.[Pt]. The molecule has 0 unspecified atom stereocenters. The van der Waals surface area contributed by atoms with Crippen LogP contribution in [0.1, 0.15) is 26.3 Å². The van der Waals surface area contributed by atoms with Crippen LogP contribution >= 0.6 is 0 Å². The first-order chi connectivity index (χ1) is 36.6. The number of fused-ring (bicyclic) bond motifs is 10. The normalized spacial score (nSPS) is 13.5. The van der Waals surface area contributed by atoms with Crippen LogP contribution < -0.4 is 45.5 Å². The van der Waals surface area contributed by atoms with Crippen molar-refractivity contribution in [2.24, 2.45) is 0 Å². The molecule has 76 heavy (non-hydrogen) atoms. The zero-order valence-electron chi connectivity index (χ0n) is 42.4. The Hall–Kier alpha value is -8.23. The van der Waals surface area contributed by atoms with E-state index in [-0.39, 0.29) is 33.2 Å². The monoisotopic (exact) mass is 1180 g/mol. The van der Waals surface area contributed by atoms with Crippen molar-refractivity contribution in [2.45, 2.75) is 39.3 Å². The van der Waals surface area contributed by atoms with E-state index in [1.165, 1.54) is 15.9 Å². The minimum atomic E-state index is -2.28. The number of nitrogens with zero attached hydrogens (tertiary/aromatic N) is 4. The zero-order chi connectivity index (χ0) is 50.3. The summed E-state index contributed by atoms with van der Waals surface area (Å²) < 4.78 is 27.5. The Balaban J connectivity index is 0.00000528. The summed E-state index contributed by atoms with van der Waals surface area (Å²) in [6, 6.07) is 73.9. The third kappa shape index (κ3) is 6.91. The molecule has 3 aliphatic heterocycles. The van der Waals surface area contributed by atoms with E-state index in [0.29, 0.717) is 11.5 Å². The number of hydrogen-bond donors (Lipinski definition) is 0. The Morgan fingerprint density at radius 3 is 1.99 bits per heavy atom. The molecule has 0 fully saturated rings. The van der Waals surface area contributed by atoms with Gasteiger partial charge in [-0.1, -0.05) is 183 Å². The molecule has 0 spiro atoms. The van der Waals surface area contributed by atoms with Gasteiger partial charge in [-0.05, 0) is 79.5 Å². The molecular formula is C66H47BN4O3PtSi-2. The third-order valence-electron chi connectivity index (χ3n) is 15.7. The largest absolute Gasteiger partial charge is 0.510 e. The van der Waals surface area contributed by atoms with Gasteiger partial charge < -0.3 is 23.3 Å². The molecule has 7 nitrogen and oxygen atoms in total. The number of para-hydroxylation sites is 4. The van der Waals surface area contributed by atoms with Gasteiger partial charge in [0.15, 0.2) is 0 Å². The van der Waals surface area contributed by atoms with Crippen molar-refractivity contribution in [1.29, 1.82) is 0 Å². The van der Waals surface area contributed by atoms with Gasteiger partial charge in [0.1, 0.15) is 28.8 Å². The number of aromatic nitrogens is 4. The van der Waals surface area contributed by atoms with E-state index in [1.54, 1.807) is 0 Å². The van der Waals surface area contributed by atoms with E-state index in [1.807, 2.05) is 24.4 Å². The molecule has 0 atom stereocenters. The molecule has 0 saturated heterocycles. The van der Waals surface area contributed by atoms with Gasteiger partial charge in [0.05, 0.1) is 16.7 Å². The molecule has 9 aromatic carbocycles. The van der Waals surface area contributed by atoms with Crippen molar-refractivity contribution >= 4 is 74.4 Å². The maximum Gasteiger partial charge on any atom is 0.268 e. The molecule has 3 aromatic heterocycles. The van der Waals surface area contributed by atoms with E-state index < -0.39 is 8.07 Å². The van der Waals surface area contributed by atoms with Crippen LogP contribution in [0.4, 0.5) is 0 Å². The van der Waals surface area contributed by atoms with Gasteiger partial charge in [0.25, 0.3) is 13.0 Å². The van der Waals surface area contributed by atoms with Crippen molar-refractivity contribution < 1.29 is 39.8 Å². The molecule has 15 rings (SSSR count). The average molecular weight is 1180 g/mol. The predicted octanol–water partition coefficient (Wildman–Crippen LogP) is 12.1. The number of pyridine rings is 1. The molecule has 0 radical (unpaired) electrons. The van der Waals surface area contributed by atoms with Gasteiger partial charge in [-0.3, -0.25) is 4.57 Å². The molecule has 0 amide bonds. The molecule has 10 heteroatoms. The maximum atomic E-state index is 7.05. The van der Waals surface area contributed by atoms with E-state index >= 15 is 0 Å². The number of benzene rings is 9. The summed E-state index contributed by atoms with van der Waals surface area (Å²) in [7, 11) is -2.28. The average Bonchev–Trinajstić information content (AvgIpc) is 4.02. The topological polar surface area (TPSA) is 54.3 Å². The summed E-state index contributed by atoms with van der Waals surface area (Å²) >= 11 is 0. The summed E-state index contributed by atoms with van der Waals surface area (Å²) in [6.45, 7) is 11.5. The zero-order valence-corrected chi connectivity index (χ0v) is 45.7. The summed E-state index contributed by atoms with van der Waals surface area (Å²) in [5.41, 5.74) is 14.8. The number of rotatable bonds is 6. The molecule has 6 heterocycles. The summed E-state index contributed by atoms with van der Waals surface area (Å²) in [5, 5.41) is 4.55. The van der Waals surface area contributed by atoms with E-state index in [9.17, 15) is 0 Å². The van der Waals surface area contributed by atoms with Crippen LogP contribution in [-0.2, 0) is 26.5 Å². The standard InChI is InChI=1S/C66H47BN4O3Si.Pt/c1-66(2,3)43-34-35-68-60(36-43)71-52-37-44(30-32-48(52)61-54(71)39-57-62-65(61)74-56-28-15-13-25-50(56)67(62)49-24-12-14-27-55(49)73-57)72-45-31-33-58-53(38-45)70-40-69(51-26-17-29-59(64(51)70)75(58,4)5)63-46(41-18-8-6-9-19-41)22-16-23-47(63)42-20-10-7-11-21-42;/h6-36,39H,1-5H3;/q-2;. The fourth-order valence-corrected chi connectivity index (χ4v) is 15.0. The van der Waals surface area contributed by atoms with Crippen molar-refractivity contribution in [2.75, 3.05) is 0 Å². The van der Waals surface area contributed by atoms with Crippen LogP contribution in [0.2, 0.25) is 13.1 Å². The molecule has 0 bridgehead atoms. The molecular weight excluding hydrogens is 1130 g/mol. The number of imidazole rings is 1. The maximum absolute atomic E-state index is 7.05. The van der Waals surface area contributed by atoms with Crippen LogP contribution in [0.3, 0.4) is 0 Å². The number of hydrogen-bond acceptors (Lipinski definition) is 4. The fraction of sp³-hybridized carbons (Fsp3) is 0.0909. The molecule has 12 aromatic rings. The Kier molecular flexibility index (Phi) is 10.5. The number of ether oxygens (including phenoxy) is 3. The minimum Gasteiger partial charge on any atom is -0.510 e. The van der Waals surface area contributed by atoms with Crippen LogP contribution in [0.25, 0.3) is 72.3 Å². The smallest absolute Gasteiger partial charge is 0.268 e. The van der Waals surface area contributed by atoms with Crippen molar-refractivity contribution in [3.63, 3.8) is 0 Å². The molecule has 0 saturated carbocycles. The van der Waals surface area contributed by atoms with Gasteiger partial charge in [0.2, 0.25) is 0 Å². The predicted molar refractivity (Wildman–Crippen MR) is 304 cm³/mol. The van der Waals surface area contributed by atoms with Crippen LogP contribution in [0.15, 0.2) is 194 Å². The first-order valence-electron chi connectivity index (χ1n) is 25.6. The quantitative estimate of drug-likeness (QED) is 0.0946. The van der Waals surface area contributed by atoms with Crippen LogP contribution in [0, 0.1) is 18.5 Å². The Morgan fingerprint density at radius 1 is 0.632 bits per heavy atom. The molecule has 0 aliphatic carbocycles. The minimum absolute atomic E-state index is 0. The first-order valence-corrected chi connectivity index (χ1v) is 28.6. The van der Waals surface area contributed by atoms with E-state index in [2.05, 4.69) is 236 Å². The second kappa shape index (κ2) is 17.2. The molecule has 0 N–H and O–H groups in total. The Bertz CT molecular complexity index is 4300. The van der Waals surface area contributed by atoms with Crippen LogP contribution in [-0.4, -0.2) is 28.9 Å². The molecule has 3 aliphatic rings. The third-order valence-corrected chi connectivity index (χ3v) is 19.2. The summed E-state index contributed by atoms with van der Waals surface area (Å²) in [6.07, 6.45) is 5.82. The van der Waals surface area contributed by atoms with Crippen molar-refractivity contribution in [3.05, 3.63) is 218 Å². The first kappa shape index (κ1) is 46.3. The van der Waals surface area contributed by atoms with Gasteiger partial charge in [0, 0.05) is 63.9 Å². The van der Waals surface area contributed by atoms with E-state index in [0.717, 1.165) is 112 Å². The summed E-state index contributed by atoms with van der Waals surface area (Å²) in [5.74, 6) is 5.11. The van der Waals surface area contributed by atoms with Gasteiger partial charge >= 0.3 is 0 Å². The van der Waals surface area contributed by atoms with Gasteiger partial charge in [-0.2, -0.15) is 12.1 Å². The fourth-order valence-electron chi connectivity index (χ4n) is 12.1. The molecule has 368 valence electrons. The second-order valence-electron chi connectivity index (χ2n) is 21.5. The summed E-state index contributed by atoms with van der Waals surface area (Å²) in [4.78, 5) is 5.06.